The summed E-state index contributed by atoms with van der Waals surface area (Å²) in [5.74, 6) is -2.34. The zero-order valence-electron chi connectivity index (χ0n) is 14.8. The Balaban J connectivity index is 1.39. The molecule has 2 aromatic rings. The van der Waals surface area contributed by atoms with Crippen molar-refractivity contribution in [3.05, 3.63) is 65.2 Å². The Labute approximate surface area is 156 Å². The SMILES string of the molecule is O=C(c1ccc(F)c(F)c1)N1CCC(C(=O)N2CCc3ccccc32)CC1. The molecule has 4 nitrogen and oxygen atoms in total. The lowest BCUT2D eigenvalue weighted by Gasteiger charge is -2.33. The summed E-state index contributed by atoms with van der Waals surface area (Å²) in [6.07, 6.45) is 2.02. The van der Waals surface area contributed by atoms with Crippen LogP contribution in [0.4, 0.5) is 14.5 Å². The monoisotopic (exact) mass is 370 g/mol. The van der Waals surface area contributed by atoms with Crippen LogP contribution in [0.2, 0.25) is 0 Å². The molecule has 2 amide bonds. The highest BCUT2D eigenvalue weighted by atomic mass is 19.2. The molecule has 2 aromatic carbocycles. The standard InChI is InChI=1S/C21H20F2N2O2/c22-17-6-5-16(13-18(17)23)20(26)24-10-7-15(8-11-24)21(27)25-12-9-14-3-1-2-4-19(14)25/h1-6,13,15H,7-12H2. The predicted molar refractivity (Wildman–Crippen MR) is 97.5 cm³/mol. The molecule has 1 saturated heterocycles. The Bertz CT molecular complexity index is 892. The van der Waals surface area contributed by atoms with Gasteiger partial charge in [-0.3, -0.25) is 9.59 Å². The fraction of sp³-hybridized carbons (Fsp3) is 0.333. The first kappa shape index (κ1) is 17.6. The smallest absolute Gasteiger partial charge is 0.253 e. The highest BCUT2D eigenvalue weighted by Gasteiger charge is 2.33. The summed E-state index contributed by atoms with van der Waals surface area (Å²) in [4.78, 5) is 28.9. The van der Waals surface area contributed by atoms with Crippen LogP contribution in [0.5, 0.6) is 0 Å². The van der Waals surface area contributed by atoms with Crippen molar-refractivity contribution in [3.8, 4) is 0 Å². The van der Waals surface area contributed by atoms with Crippen LogP contribution in [0.3, 0.4) is 0 Å². The summed E-state index contributed by atoms with van der Waals surface area (Å²) in [6, 6.07) is 11.1. The Morgan fingerprint density at radius 1 is 0.926 bits per heavy atom. The average molecular weight is 370 g/mol. The van der Waals surface area contributed by atoms with E-state index in [9.17, 15) is 18.4 Å². The minimum Gasteiger partial charge on any atom is -0.339 e. The van der Waals surface area contributed by atoms with Crippen molar-refractivity contribution < 1.29 is 18.4 Å². The first-order valence-corrected chi connectivity index (χ1v) is 9.18. The van der Waals surface area contributed by atoms with E-state index in [-0.39, 0.29) is 23.3 Å². The second-order valence-electron chi connectivity index (χ2n) is 7.06. The second kappa shape index (κ2) is 7.10. The minimum absolute atomic E-state index is 0.111. The lowest BCUT2D eigenvalue weighted by molar-refractivity contribution is -0.123. The molecule has 2 heterocycles. The molecule has 0 spiro atoms. The van der Waals surface area contributed by atoms with E-state index in [2.05, 4.69) is 0 Å². The molecule has 0 bridgehead atoms. The molecule has 0 radical (unpaired) electrons. The molecule has 140 valence electrons. The van der Waals surface area contributed by atoms with Gasteiger partial charge in [-0.05, 0) is 49.1 Å². The summed E-state index contributed by atoms with van der Waals surface area (Å²) in [7, 11) is 0. The molecule has 0 aliphatic carbocycles. The third-order valence-corrected chi connectivity index (χ3v) is 5.45. The molecule has 27 heavy (non-hydrogen) atoms. The summed E-state index contributed by atoms with van der Waals surface area (Å²) in [5.41, 5.74) is 2.31. The van der Waals surface area contributed by atoms with Gasteiger partial charge in [0, 0.05) is 36.8 Å². The van der Waals surface area contributed by atoms with E-state index in [4.69, 9.17) is 0 Å². The van der Waals surface area contributed by atoms with Gasteiger partial charge in [-0.2, -0.15) is 0 Å². The molecule has 0 atom stereocenters. The average Bonchev–Trinajstić information content (AvgIpc) is 3.13. The van der Waals surface area contributed by atoms with Gasteiger partial charge < -0.3 is 9.80 Å². The lowest BCUT2D eigenvalue weighted by atomic mass is 9.94. The van der Waals surface area contributed by atoms with Crippen molar-refractivity contribution in [2.45, 2.75) is 19.3 Å². The number of fused-ring (bicyclic) bond motifs is 1. The predicted octanol–water partition coefficient (Wildman–Crippen LogP) is 3.41. The van der Waals surface area contributed by atoms with E-state index < -0.39 is 11.6 Å². The first-order valence-electron chi connectivity index (χ1n) is 9.18. The van der Waals surface area contributed by atoms with E-state index in [0.29, 0.717) is 32.5 Å². The molecule has 0 saturated carbocycles. The maximum absolute atomic E-state index is 13.4. The van der Waals surface area contributed by atoms with Gasteiger partial charge in [-0.15, -0.1) is 0 Å². The van der Waals surface area contributed by atoms with Crippen LogP contribution >= 0.6 is 0 Å². The van der Waals surface area contributed by atoms with Crippen molar-refractivity contribution in [1.82, 2.24) is 4.90 Å². The molecule has 6 heteroatoms. The molecule has 4 rings (SSSR count). The van der Waals surface area contributed by atoms with Crippen LogP contribution < -0.4 is 4.90 Å². The summed E-state index contributed by atoms with van der Waals surface area (Å²) in [5, 5.41) is 0. The molecule has 2 aliphatic rings. The number of para-hydroxylation sites is 1. The van der Waals surface area contributed by atoms with E-state index in [1.54, 1.807) is 4.90 Å². The summed E-state index contributed by atoms with van der Waals surface area (Å²) >= 11 is 0. The van der Waals surface area contributed by atoms with Crippen LogP contribution in [0, 0.1) is 17.6 Å². The highest BCUT2D eigenvalue weighted by Crippen LogP contribution is 2.31. The van der Waals surface area contributed by atoms with Gasteiger partial charge in [-0.1, -0.05) is 18.2 Å². The van der Waals surface area contributed by atoms with E-state index in [0.717, 1.165) is 24.2 Å². The minimum atomic E-state index is -1.03. The number of carbonyl (C=O) groups excluding carboxylic acids is 2. The Hall–Kier alpha value is -2.76. The summed E-state index contributed by atoms with van der Waals surface area (Å²) in [6.45, 7) is 1.57. The van der Waals surface area contributed by atoms with Crippen molar-refractivity contribution in [2.75, 3.05) is 24.5 Å². The van der Waals surface area contributed by atoms with Crippen molar-refractivity contribution >= 4 is 17.5 Å². The van der Waals surface area contributed by atoms with Crippen LogP contribution in [0.15, 0.2) is 42.5 Å². The van der Waals surface area contributed by atoms with Gasteiger partial charge in [0.25, 0.3) is 5.91 Å². The number of likely N-dealkylation sites (tertiary alicyclic amines) is 1. The number of piperidine rings is 1. The molecule has 2 aliphatic heterocycles. The largest absolute Gasteiger partial charge is 0.339 e. The van der Waals surface area contributed by atoms with E-state index in [1.165, 1.54) is 11.6 Å². The van der Waals surface area contributed by atoms with Crippen molar-refractivity contribution in [3.63, 3.8) is 0 Å². The number of anilines is 1. The number of hydrogen-bond acceptors (Lipinski definition) is 2. The van der Waals surface area contributed by atoms with Crippen LogP contribution in [0.1, 0.15) is 28.8 Å². The van der Waals surface area contributed by atoms with E-state index in [1.807, 2.05) is 29.2 Å². The number of benzene rings is 2. The topological polar surface area (TPSA) is 40.6 Å². The number of hydrogen-bond donors (Lipinski definition) is 0. The van der Waals surface area contributed by atoms with Crippen LogP contribution in [-0.4, -0.2) is 36.3 Å². The highest BCUT2D eigenvalue weighted by molar-refractivity contribution is 5.97. The first-order chi connectivity index (χ1) is 13.0. The second-order valence-corrected chi connectivity index (χ2v) is 7.06. The number of rotatable bonds is 2. The Morgan fingerprint density at radius 3 is 2.41 bits per heavy atom. The Kier molecular flexibility index (Phi) is 4.64. The number of carbonyl (C=O) groups is 2. The maximum atomic E-state index is 13.4. The van der Waals surface area contributed by atoms with Gasteiger partial charge in [0.2, 0.25) is 5.91 Å². The number of amides is 2. The molecule has 0 aromatic heterocycles. The fourth-order valence-corrected chi connectivity index (χ4v) is 3.93. The van der Waals surface area contributed by atoms with Crippen molar-refractivity contribution in [1.29, 1.82) is 0 Å². The zero-order chi connectivity index (χ0) is 19.0. The third-order valence-electron chi connectivity index (χ3n) is 5.45. The Morgan fingerprint density at radius 2 is 1.67 bits per heavy atom. The van der Waals surface area contributed by atoms with Crippen LogP contribution in [-0.2, 0) is 11.2 Å². The lowest BCUT2D eigenvalue weighted by Crippen LogP contribution is -2.44. The normalized spacial score (nSPS) is 17.1. The molecular formula is C21H20F2N2O2. The summed E-state index contributed by atoms with van der Waals surface area (Å²) < 4.78 is 26.4. The van der Waals surface area contributed by atoms with Gasteiger partial charge >= 0.3 is 0 Å². The zero-order valence-corrected chi connectivity index (χ0v) is 14.8. The maximum Gasteiger partial charge on any atom is 0.253 e. The van der Waals surface area contributed by atoms with E-state index >= 15 is 0 Å². The molecule has 0 N–H and O–H groups in total. The molecule has 1 fully saturated rings. The van der Waals surface area contributed by atoms with Crippen LogP contribution in [0.25, 0.3) is 0 Å². The quantitative estimate of drug-likeness (QED) is 0.813. The fourth-order valence-electron chi connectivity index (χ4n) is 3.93. The number of nitrogens with zero attached hydrogens (tertiary/aromatic N) is 2. The molecule has 0 unspecified atom stereocenters. The number of halogens is 2. The third kappa shape index (κ3) is 3.31. The van der Waals surface area contributed by atoms with Gasteiger partial charge in [-0.25, -0.2) is 8.78 Å². The van der Waals surface area contributed by atoms with Gasteiger partial charge in [0.15, 0.2) is 11.6 Å². The van der Waals surface area contributed by atoms with Crippen molar-refractivity contribution in [2.24, 2.45) is 5.92 Å². The van der Waals surface area contributed by atoms with Gasteiger partial charge in [0.1, 0.15) is 0 Å². The molecular weight excluding hydrogens is 350 g/mol. The van der Waals surface area contributed by atoms with Gasteiger partial charge in [0.05, 0.1) is 0 Å².